The third-order valence-electron chi connectivity index (χ3n) is 11.1. The number of carboxylic acids is 1. The number of phosphoric acid groups is 1. The van der Waals surface area contributed by atoms with Crippen molar-refractivity contribution in [2.75, 3.05) is 26.4 Å². The average molecular weight is 910 g/mol. The van der Waals surface area contributed by atoms with Crippen LogP contribution >= 0.6 is 7.82 Å². The molecule has 63 heavy (non-hydrogen) atoms. The minimum Gasteiger partial charge on any atom is -0.480 e. The van der Waals surface area contributed by atoms with Gasteiger partial charge in [-0.25, -0.2) is 4.57 Å². The molecule has 0 fully saturated rings. The highest BCUT2D eigenvalue weighted by Gasteiger charge is 2.27. The zero-order valence-electron chi connectivity index (χ0n) is 40.4. The van der Waals surface area contributed by atoms with Crippen molar-refractivity contribution < 1.29 is 42.7 Å². The molecule has 0 rings (SSSR count). The van der Waals surface area contributed by atoms with Gasteiger partial charge < -0.3 is 25.2 Å². The first kappa shape index (κ1) is 60.9. The van der Waals surface area contributed by atoms with Crippen LogP contribution < -0.4 is 5.73 Å². The molecule has 0 aliphatic rings. The lowest BCUT2D eigenvalue weighted by Crippen LogP contribution is -2.34. The van der Waals surface area contributed by atoms with E-state index in [0.29, 0.717) is 13.0 Å². The summed E-state index contributed by atoms with van der Waals surface area (Å²) in [4.78, 5) is 33.7. The van der Waals surface area contributed by atoms with Crippen molar-refractivity contribution >= 4 is 19.8 Å². The molecular formula is C52H96NO9P. The molecule has 10 nitrogen and oxygen atoms in total. The van der Waals surface area contributed by atoms with Crippen LogP contribution in [-0.4, -0.2) is 60.5 Å². The minimum absolute atomic E-state index is 0.0157. The highest BCUT2D eigenvalue weighted by molar-refractivity contribution is 7.47. The van der Waals surface area contributed by atoms with Gasteiger partial charge in [-0.15, -0.1) is 0 Å². The zero-order valence-corrected chi connectivity index (χ0v) is 41.3. The fraction of sp³-hybridized carbons (Fsp3) is 0.808. The standard InChI is InChI=1S/C52H96NO9P/c1-3-5-7-9-11-13-15-17-19-21-23-25-26-28-30-32-34-36-38-40-42-44-51(54)62-49(47-60-63(57,58)61-48-50(53)52(55)56)46-59-45-43-41-39-37-35-33-31-29-27-24-22-20-18-16-14-12-10-8-6-4-2/h5,7,11,13,17,19,23,25,49-50H,3-4,6,8-10,12,14-16,18,20-22,24,26-48,53H2,1-2H3,(H,55,56)(H,57,58)/b7-5-,13-11-,19-17-,25-23-. The highest BCUT2D eigenvalue weighted by Crippen LogP contribution is 2.43. The second kappa shape index (κ2) is 47.9. The molecule has 0 amide bonds. The van der Waals surface area contributed by atoms with Crippen molar-refractivity contribution in [3.8, 4) is 0 Å². The van der Waals surface area contributed by atoms with Gasteiger partial charge in [0.1, 0.15) is 12.1 Å². The van der Waals surface area contributed by atoms with Gasteiger partial charge in [0.15, 0.2) is 0 Å². The summed E-state index contributed by atoms with van der Waals surface area (Å²) in [7, 11) is -4.62. The Morgan fingerprint density at radius 1 is 0.524 bits per heavy atom. The van der Waals surface area contributed by atoms with Crippen LogP contribution in [0, 0.1) is 0 Å². The molecule has 0 aliphatic heterocycles. The van der Waals surface area contributed by atoms with Gasteiger partial charge in [-0.2, -0.15) is 0 Å². The number of hydrogen-bond acceptors (Lipinski definition) is 8. The summed E-state index contributed by atoms with van der Waals surface area (Å²) in [5.74, 6) is -1.78. The first-order valence-electron chi connectivity index (χ1n) is 25.7. The number of carbonyl (C=O) groups excluding carboxylic acids is 1. The molecule has 4 N–H and O–H groups in total. The van der Waals surface area contributed by atoms with Crippen LogP contribution in [0.15, 0.2) is 48.6 Å². The maximum absolute atomic E-state index is 12.7. The van der Waals surface area contributed by atoms with Gasteiger partial charge in [-0.3, -0.25) is 18.6 Å². The van der Waals surface area contributed by atoms with Gasteiger partial charge in [-0.05, 0) is 51.4 Å². The summed E-state index contributed by atoms with van der Waals surface area (Å²) in [6, 6.07) is -1.48. The average Bonchev–Trinajstić information content (AvgIpc) is 3.26. The lowest BCUT2D eigenvalue weighted by molar-refractivity contribution is -0.154. The Bertz CT molecular complexity index is 1190. The lowest BCUT2D eigenvalue weighted by atomic mass is 10.0. The molecule has 0 aromatic heterocycles. The first-order valence-corrected chi connectivity index (χ1v) is 27.2. The number of phosphoric ester groups is 1. The number of carbonyl (C=O) groups is 2. The van der Waals surface area contributed by atoms with E-state index in [4.69, 9.17) is 29.4 Å². The molecule has 0 aliphatic carbocycles. The van der Waals surface area contributed by atoms with E-state index in [9.17, 15) is 19.0 Å². The molecule has 0 radical (unpaired) electrons. The van der Waals surface area contributed by atoms with Gasteiger partial charge in [0.2, 0.25) is 0 Å². The number of unbranched alkanes of at least 4 members (excludes halogenated alkanes) is 27. The first-order chi connectivity index (χ1) is 30.7. The molecule has 0 heterocycles. The highest BCUT2D eigenvalue weighted by atomic mass is 31.2. The fourth-order valence-electron chi connectivity index (χ4n) is 7.19. The second-order valence-electron chi connectivity index (χ2n) is 17.3. The Morgan fingerprint density at radius 2 is 0.921 bits per heavy atom. The summed E-state index contributed by atoms with van der Waals surface area (Å²) >= 11 is 0. The number of nitrogens with two attached hydrogens (primary N) is 1. The Morgan fingerprint density at radius 3 is 1.38 bits per heavy atom. The van der Waals surface area contributed by atoms with Crippen molar-refractivity contribution in [3.05, 3.63) is 48.6 Å². The Labute approximate surface area is 386 Å². The minimum atomic E-state index is -4.62. The van der Waals surface area contributed by atoms with Gasteiger partial charge in [0, 0.05) is 13.0 Å². The SMILES string of the molecule is CC/C=C\C/C=C\C/C=C\C/C=C\CCCCCCCCCCC(=O)OC(COCCCCCCCCCCCCCCCCCCCCCC)COP(=O)(O)OCC(N)C(=O)O. The van der Waals surface area contributed by atoms with Crippen molar-refractivity contribution in [1.82, 2.24) is 0 Å². The van der Waals surface area contributed by atoms with Gasteiger partial charge in [0.05, 0.1) is 19.8 Å². The molecule has 0 spiro atoms. The van der Waals surface area contributed by atoms with Crippen LogP contribution in [0.5, 0.6) is 0 Å². The van der Waals surface area contributed by atoms with Crippen molar-refractivity contribution in [2.45, 2.75) is 244 Å². The molecule has 11 heteroatoms. The van der Waals surface area contributed by atoms with Crippen LogP contribution in [0.1, 0.15) is 232 Å². The van der Waals surface area contributed by atoms with Crippen molar-refractivity contribution in [3.63, 3.8) is 0 Å². The van der Waals surface area contributed by atoms with E-state index in [1.165, 1.54) is 135 Å². The van der Waals surface area contributed by atoms with E-state index < -0.39 is 45.1 Å². The number of allylic oxidation sites excluding steroid dienone is 8. The molecule has 3 atom stereocenters. The van der Waals surface area contributed by atoms with Crippen molar-refractivity contribution in [2.24, 2.45) is 5.73 Å². The largest absolute Gasteiger partial charge is 0.480 e. The number of aliphatic carboxylic acids is 1. The van der Waals surface area contributed by atoms with Crippen LogP contribution in [0.25, 0.3) is 0 Å². The number of rotatable bonds is 49. The molecule has 368 valence electrons. The third-order valence-corrected chi connectivity index (χ3v) is 12.1. The van der Waals surface area contributed by atoms with Crippen molar-refractivity contribution in [1.29, 1.82) is 0 Å². The van der Waals surface area contributed by atoms with Crippen LogP contribution in [0.3, 0.4) is 0 Å². The van der Waals surface area contributed by atoms with Gasteiger partial charge in [-0.1, -0.05) is 223 Å². The van der Waals surface area contributed by atoms with Crippen LogP contribution in [0.4, 0.5) is 0 Å². The summed E-state index contributed by atoms with van der Waals surface area (Å²) in [6.45, 7) is 3.80. The maximum atomic E-state index is 12.7. The number of ether oxygens (including phenoxy) is 2. The molecule has 0 aromatic carbocycles. The molecule has 0 bridgehead atoms. The zero-order chi connectivity index (χ0) is 46.2. The van der Waals surface area contributed by atoms with E-state index in [1.54, 1.807) is 0 Å². The Kier molecular flexibility index (Phi) is 46.3. The van der Waals surface area contributed by atoms with Gasteiger partial charge in [0.25, 0.3) is 0 Å². The topological polar surface area (TPSA) is 155 Å². The molecule has 0 saturated heterocycles. The molecule has 0 saturated carbocycles. The van der Waals surface area contributed by atoms with E-state index >= 15 is 0 Å². The third kappa shape index (κ3) is 47.7. The smallest absolute Gasteiger partial charge is 0.472 e. The fourth-order valence-corrected chi connectivity index (χ4v) is 7.96. The molecular weight excluding hydrogens is 814 g/mol. The molecule has 3 unspecified atom stereocenters. The van der Waals surface area contributed by atoms with E-state index in [0.717, 1.165) is 70.6 Å². The van der Waals surface area contributed by atoms with E-state index in [1.807, 2.05) is 0 Å². The number of esters is 1. The summed E-state index contributed by atoms with van der Waals surface area (Å²) < 4.78 is 33.5. The summed E-state index contributed by atoms with van der Waals surface area (Å²) in [5.41, 5.74) is 5.38. The number of hydrogen-bond donors (Lipinski definition) is 3. The molecule has 0 aromatic rings. The predicted octanol–water partition coefficient (Wildman–Crippen LogP) is 15.0. The summed E-state index contributed by atoms with van der Waals surface area (Å²) in [5, 5.41) is 8.93. The van der Waals surface area contributed by atoms with E-state index in [-0.39, 0.29) is 13.0 Å². The van der Waals surface area contributed by atoms with Crippen LogP contribution in [0.2, 0.25) is 0 Å². The lowest BCUT2D eigenvalue weighted by Gasteiger charge is -2.20. The van der Waals surface area contributed by atoms with Gasteiger partial charge >= 0.3 is 19.8 Å². The predicted molar refractivity (Wildman–Crippen MR) is 263 cm³/mol. The monoisotopic (exact) mass is 910 g/mol. The summed E-state index contributed by atoms with van der Waals surface area (Å²) in [6.07, 6.45) is 57.4. The normalized spacial score (nSPS) is 14.1. The Balaban J connectivity index is 4.14. The number of carboxylic acid groups (broad SMARTS) is 1. The second-order valence-corrected chi connectivity index (χ2v) is 18.7. The van der Waals surface area contributed by atoms with Crippen LogP contribution in [-0.2, 0) is 32.7 Å². The Hall–Kier alpha value is -2.07. The maximum Gasteiger partial charge on any atom is 0.472 e. The quantitative estimate of drug-likeness (QED) is 0.0232. The van der Waals surface area contributed by atoms with E-state index in [2.05, 4.69) is 62.5 Å².